The number of phenols is 1. The Hall–Kier alpha value is -2.87. The molecule has 8 heteroatoms. The van der Waals surface area contributed by atoms with Gasteiger partial charge in [0, 0.05) is 48.9 Å². The molecule has 0 aliphatic carbocycles. The van der Waals surface area contributed by atoms with Crippen molar-refractivity contribution in [2.45, 2.75) is 43.3 Å². The van der Waals surface area contributed by atoms with E-state index in [-0.39, 0.29) is 24.3 Å². The number of hydrogen-bond acceptors (Lipinski definition) is 6. The van der Waals surface area contributed by atoms with Crippen LogP contribution in [0.1, 0.15) is 19.3 Å². The highest BCUT2D eigenvalue weighted by atomic mass is 19.3. The molecule has 150 valence electrons. The van der Waals surface area contributed by atoms with E-state index in [1.165, 1.54) is 0 Å². The van der Waals surface area contributed by atoms with Gasteiger partial charge in [-0.15, -0.1) is 10.2 Å². The van der Waals surface area contributed by atoms with Gasteiger partial charge in [0.25, 0.3) is 5.92 Å². The number of anilines is 1. The second kappa shape index (κ2) is 6.59. The summed E-state index contributed by atoms with van der Waals surface area (Å²) < 4.78 is 28.0. The predicted molar refractivity (Wildman–Crippen MR) is 106 cm³/mol. The molecule has 29 heavy (non-hydrogen) atoms. The van der Waals surface area contributed by atoms with Crippen molar-refractivity contribution in [3.8, 4) is 17.0 Å². The first kappa shape index (κ1) is 18.2. The molecular formula is C21H21F2N5O. The van der Waals surface area contributed by atoms with Gasteiger partial charge in [0.15, 0.2) is 5.82 Å². The largest absolute Gasteiger partial charge is 0.507 e. The Morgan fingerprint density at radius 3 is 2.76 bits per heavy atom. The molecule has 5 rings (SSSR count). The maximum absolute atomic E-state index is 14.0. The Kier molecular flexibility index (Phi) is 4.13. The van der Waals surface area contributed by atoms with Gasteiger partial charge in [-0.2, -0.15) is 0 Å². The van der Waals surface area contributed by atoms with Crippen LogP contribution >= 0.6 is 0 Å². The maximum atomic E-state index is 14.0. The number of aromatic hydroxyl groups is 1. The number of halogens is 2. The van der Waals surface area contributed by atoms with E-state index in [1.807, 2.05) is 30.1 Å². The highest BCUT2D eigenvalue weighted by Gasteiger charge is 2.53. The van der Waals surface area contributed by atoms with Crippen LogP contribution in [0.3, 0.4) is 0 Å². The third-order valence-electron chi connectivity index (χ3n) is 6.12. The van der Waals surface area contributed by atoms with Crippen molar-refractivity contribution in [3.05, 3.63) is 42.7 Å². The third kappa shape index (κ3) is 3.17. The number of benzene rings is 1. The number of fused-ring (bicyclic) bond motifs is 3. The number of hydrogen-bond donors (Lipinski definition) is 2. The molecule has 3 atom stereocenters. The van der Waals surface area contributed by atoms with Crippen LogP contribution in [0.25, 0.3) is 22.0 Å². The van der Waals surface area contributed by atoms with Gasteiger partial charge in [-0.1, -0.05) is 0 Å². The third-order valence-corrected chi connectivity index (χ3v) is 6.12. The Balaban J connectivity index is 1.39. The Morgan fingerprint density at radius 1 is 1.14 bits per heavy atom. The average molecular weight is 397 g/mol. The van der Waals surface area contributed by atoms with Gasteiger partial charge in [0.2, 0.25) is 0 Å². The maximum Gasteiger partial charge on any atom is 0.264 e. The van der Waals surface area contributed by atoms with E-state index in [4.69, 9.17) is 0 Å². The van der Waals surface area contributed by atoms with Crippen molar-refractivity contribution in [1.29, 1.82) is 0 Å². The zero-order chi connectivity index (χ0) is 20.2. The number of nitrogens with zero attached hydrogens (tertiary/aromatic N) is 4. The van der Waals surface area contributed by atoms with Crippen LogP contribution < -0.4 is 10.2 Å². The van der Waals surface area contributed by atoms with E-state index in [2.05, 4.69) is 20.5 Å². The molecule has 0 saturated carbocycles. The average Bonchev–Trinajstić information content (AvgIpc) is 2.93. The Bertz CT molecular complexity index is 1060. The van der Waals surface area contributed by atoms with E-state index in [9.17, 15) is 13.9 Å². The molecule has 1 aromatic carbocycles. The first-order chi connectivity index (χ1) is 13.9. The molecule has 0 amide bonds. The molecule has 2 aromatic heterocycles. The molecule has 2 fully saturated rings. The van der Waals surface area contributed by atoms with Crippen LogP contribution in [0.2, 0.25) is 0 Å². The van der Waals surface area contributed by atoms with Gasteiger partial charge in [0.05, 0.1) is 11.7 Å². The standard InChI is InChI=1S/C21H21F2N5O/c1-28(15-8-14-10-21(22,23)19(9-15)25-14)20-3-2-17(26-27-20)16-6-12-4-5-24-11-13(12)7-18(16)29/h2-7,11,14-15,19,25,29H,8-10H2,1H3/t14?,15-,19?/m1/s1. The lowest BCUT2D eigenvalue weighted by atomic mass is 9.98. The smallest absolute Gasteiger partial charge is 0.264 e. The highest BCUT2D eigenvalue weighted by molar-refractivity contribution is 5.89. The van der Waals surface area contributed by atoms with Gasteiger partial charge >= 0.3 is 0 Å². The topological polar surface area (TPSA) is 74.2 Å². The summed E-state index contributed by atoms with van der Waals surface area (Å²) in [5.74, 6) is -1.90. The van der Waals surface area contributed by atoms with Gasteiger partial charge < -0.3 is 15.3 Å². The normalized spacial score (nSPS) is 25.3. The first-order valence-electron chi connectivity index (χ1n) is 9.68. The molecule has 2 aliphatic heterocycles. The lowest BCUT2D eigenvalue weighted by molar-refractivity contribution is -0.0128. The van der Waals surface area contributed by atoms with Gasteiger partial charge in [-0.05, 0) is 48.6 Å². The molecule has 2 aliphatic rings. The molecule has 0 radical (unpaired) electrons. The summed E-state index contributed by atoms with van der Waals surface area (Å²) in [7, 11) is 1.87. The number of aromatic nitrogens is 3. The molecule has 4 heterocycles. The van der Waals surface area contributed by atoms with Crippen molar-refractivity contribution in [3.63, 3.8) is 0 Å². The zero-order valence-corrected chi connectivity index (χ0v) is 15.9. The van der Waals surface area contributed by atoms with Crippen LogP contribution in [0, 0.1) is 0 Å². The molecule has 2 unspecified atom stereocenters. The first-order valence-corrected chi connectivity index (χ1v) is 9.68. The predicted octanol–water partition coefficient (Wildman–Crippen LogP) is 3.36. The van der Waals surface area contributed by atoms with E-state index in [0.717, 1.165) is 10.8 Å². The fraction of sp³-hybridized carbons (Fsp3) is 0.381. The quantitative estimate of drug-likeness (QED) is 0.706. The summed E-state index contributed by atoms with van der Waals surface area (Å²) in [6, 6.07) is 8.05. The number of piperidine rings is 1. The monoisotopic (exact) mass is 397 g/mol. The highest BCUT2D eigenvalue weighted by Crippen LogP contribution is 2.41. The Labute approximate surface area is 166 Å². The summed E-state index contributed by atoms with van der Waals surface area (Å²) in [6.07, 6.45) is 4.33. The second-order valence-electron chi connectivity index (χ2n) is 7.99. The number of alkyl halides is 2. The van der Waals surface area contributed by atoms with Crippen molar-refractivity contribution >= 4 is 16.6 Å². The summed E-state index contributed by atoms with van der Waals surface area (Å²) in [6.45, 7) is 0. The number of phenolic OH excluding ortho intramolecular Hbond substituents is 1. The van der Waals surface area contributed by atoms with E-state index in [1.54, 1.807) is 24.5 Å². The minimum Gasteiger partial charge on any atom is -0.507 e. The van der Waals surface area contributed by atoms with Crippen molar-refractivity contribution in [2.75, 3.05) is 11.9 Å². The van der Waals surface area contributed by atoms with Crippen LogP contribution in [-0.2, 0) is 0 Å². The van der Waals surface area contributed by atoms with Gasteiger partial charge in [-0.25, -0.2) is 8.78 Å². The van der Waals surface area contributed by atoms with Crippen LogP contribution in [0.4, 0.5) is 14.6 Å². The number of rotatable bonds is 3. The minimum absolute atomic E-state index is 0.0126. The molecule has 0 spiro atoms. The SMILES string of the molecule is CN(c1ccc(-c2cc3ccncc3cc2O)nn1)[C@@H]1CC2CC(F)(F)C(C1)N2. The number of pyridine rings is 1. The molecule has 3 aromatic rings. The summed E-state index contributed by atoms with van der Waals surface area (Å²) >= 11 is 0. The van der Waals surface area contributed by atoms with Gasteiger partial charge in [0.1, 0.15) is 5.75 Å². The van der Waals surface area contributed by atoms with Crippen molar-refractivity contribution < 1.29 is 13.9 Å². The number of nitrogens with one attached hydrogen (secondary N) is 1. The second-order valence-corrected chi connectivity index (χ2v) is 7.99. The summed E-state index contributed by atoms with van der Waals surface area (Å²) in [5, 5.41) is 23.8. The summed E-state index contributed by atoms with van der Waals surface area (Å²) in [4.78, 5) is 6.00. The lowest BCUT2D eigenvalue weighted by Crippen LogP contribution is -2.49. The molecule has 2 bridgehead atoms. The molecule has 2 N–H and O–H groups in total. The van der Waals surface area contributed by atoms with Crippen molar-refractivity contribution in [2.24, 2.45) is 0 Å². The van der Waals surface area contributed by atoms with Crippen molar-refractivity contribution in [1.82, 2.24) is 20.5 Å². The van der Waals surface area contributed by atoms with Gasteiger partial charge in [-0.3, -0.25) is 4.98 Å². The van der Waals surface area contributed by atoms with E-state index >= 15 is 0 Å². The fourth-order valence-corrected chi connectivity index (χ4v) is 4.51. The minimum atomic E-state index is -2.64. The fourth-order valence-electron chi connectivity index (χ4n) is 4.51. The molecule has 6 nitrogen and oxygen atoms in total. The molecular weight excluding hydrogens is 376 g/mol. The lowest BCUT2D eigenvalue weighted by Gasteiger charge is -2.36. The molecule has 2 saturated heterocycles. The summed E-state index contributed by atoms with van der Waals surface area (Å²) in [5.41, 5.74) is 1.14. The zero-order valence-electron chi connectivity index (χ0n) is 15.9. The van der Waals surface area contributed by atoms with Crippen LogP contribution in [-0.4, -0.2) is 51.4 Å². The Morgan fingerprint density at radius 2 is 2.00 bits per heavy atom. The van der Waals surface area contributed by atoms with Crippen LogP contribution in [0.5, 0.6) is 5.75 Å². The van der Waals surface area contributed by atoms with Crippen LogP contribution in [0.15, 0.2) is 42.7 Å². The van der Waals surface area contributed by atoms with E-state index in [0.29, 0.717) is 29.9 Å². The van der Waals surface area contributed by atoms with E-state index < -0.39 is 12.0 Å².